The third-order valence-corrected chi connectivity index (χ3v) is 6.68. The van der Waals surface area contributed by atoms with E-state index >= 15 is 0 Å². The van der Waals surface area contributed by atoms with Gasteiger partial charge in [0.25, 0.3) is 0 Å². The summed E-state index contributed by atoms with van der Waals surface area (Å²) in [6, 6.07) is 8.64. The second-order valence-corrected chi connectivity index (χ2v) is 10.7. The Balaban J connectivity index is 1.73. The van der Waals surface area contributed by atoms with Gasteiger partial charge in [-0.1, -0.05) is 57.3 Å². The molecule has 0 amide bonds. The number of rotatable bonds is 6. The second-order valence-electron chi connectivity index (χ2n) is 9.46. The number of nitrogens with one attached hydrogen (secondary N) is 1. The fourth-order valence-corrected chi connectivity index (χ4v) is 4.95. The predicted molar refractivity (Wildman–Crippen MR) is 122 cm³/mol. The van der Waals surface area contributed by atoms with Gasteiger partial charge < -0.3 is 4.57 Å². The number of benzene rings is 1. The summed E-state index contributed by atoms with van der Waals surface area (Å²) >= 11 is 1.80. The summed E-state index contributed by atoms with van der Waals surface area (Å²) in [6.45, 7) is 8.00. The minimum Gasteiger partial charge on any atom is -0.347 e. The third-order valence-electron chi connectivity index (χ3n) is 5.56. The molecule has 1 aliphatic rings. The molecule has 0 atom stereocenters. The van der Waals surface area contributed by atoms with Crippen LogP contribution < -0.4 is 4.72 Å². The molecule has 2 aromatic heterocycles. The zero-order valence-corrected chi connectivity index (χ0v) is 18.9. The molecule has 0 spiro atoms. The van der Waals surface area contributed by atoms with Gasteiger partial charge in [0.2, 0.25) is 0 Å². The Morgan fingerprint density at radius 3 is 2.58 bits per heavy atom. The van der Waals surface area contributed by atoms with Crippen LogP contribution in [0.1, 0.15) is 51.3 Å². The molecule has 0 aliphatic heterocycles. The molecule has 31 heavy (non-hydrogen) atoms. The summed E-state index contributed by atoms with van der Waals surface area (Å²) in [7, 11) is 0. The van der Waals surface area contributed by atoms with E-state index in [1.165, 1.54) is 37.1 Å². The molecule has 1 N–H and O–H groups in total. The number of pyridine rings is 1. The van der Waals surface area contributed by atoms with Crippen LogP contribution in [0.3, 0.4) is 0 Å². The van der Waals surface area contributed by atoms with Crippen LogP contribution in [0.15, 0.2) is 42.7 Å². The highest BCUT2D eigenvalue weighted by molar-refractivity contribution is 7.98. The van der Waals surface area contributed by atoms with Crippen LogP contribution in [0.2, 0.25) is 0 Å². The number of aromatic nitrogens is 2. The standard InChI is InChI=1S/C24H28F3N3S/c1-23(2,3)15-30-14-17(13-29-31-18-6-4-7-18)19-10-9-16(12-21(19)30)20-8-5-11-28-22(20)24(25,26)27/h5,8-12,14,18,29H,4,6-7,13,15H2,1-3H3. The van der Waals surface area contributed by atoms with Gasteiger partial charge in [-0.3, -0.25) is 9.71 Å². The number of nitrogens with zero attached hydrogens (tertiary/aromatic N) is 2. The van der Waals surface area contributed by atoms with E-state index in [2.05, 4.69) is 41.2 Å². The van der Waals surface area contributed by atoms with Crippen LogP contribution in [0, 0.1) is 5.41 Å². The lowest BCUT2D eigenvalue weighted by Gasteiger charge is -2.24. The zero-order chi connectivity index (χ0) is 22.2. The highest BCUT2D eigenvalue weighted by Gasteiger charge is 2.35. The molecule has 2 heterocycles. The first-order valence-electron chi connectivity index (χ1n) is 10.6. The van der Waals surface area contributed by atoms with E-state index in [-0.39, 0.29) is 11.0 Å². The summed E-state index contributed by atoms with van der Waals surface area (Å²) < 4.78 is 46.2. The minimum absolute atomic E-state index is 0.0404. The lowest BCUT2D eigenvalue weighted by atomic mass is 9.96. The maximum absolute atomic E-state index is 13.5. The van der Waals surface area contributed by atoms with Crippen molar-refractivity contribution >= 4 is 22.9 Å². The quantitative estimate of drug-likeness (QED) is 0.410. The molecule has 0 unspecified atom stereocenters. The van der Waals surface area contributed by atoms with Crippen molar-refractivity contribution in [1.82, 2.24) is 14.3 Å². The highest BCUT2D eigenvalue weighted by atomic mass is 32.2. The molecule has 0 radical (unpaired) electrons. The molecule has 3 aromatic rings. The Morgan fingerprint density at radius 1 is 1.16 bits per heavy atom. The molecule has 0 bridgehead atoms. The fraction of sp³-hybridized carbons (Fsp3) is 0.458. The number of hydrogen-bond donors (Lipinski definition) is 1. The molecule has 4 rings (SSSR count). The number of halogens is 3. The first-order valence-corrected chi connectivity index (χ1v) is 11.5. The molecule has 0 saturated heterocycles. The molecule has 1 fully saturated rings. The van der Waals surface area contributed by atoms with Gasteiger partial charge in [0.15, 0.2) is 5.69 Å². The van der Waals surface area contributed by atoms with Crippen molar-refractivity contribution < 1.29 is 13.2 Å². The Labute approximate surface area is 185 Å². The van der Waals surface area contributed by atoms with Gasteiger partial charge in [0.05, 0.1) is 0 Å². The maximum Gasteiger partial charge on any atom is 0.433 e. The van der Waals surface area contributed by atoms with Crippen LogP contribution in [-0.2, 0) is 19.3 Å². The van der Waals surface area contributed by atoms with Crippen molar-refractivity contribution in [3.05, 3.63) is 54.0 Å². The maximum atomic E-state index is 13.5. The van der Waals surface area contributed by atoms with Gasteiger partial charge in [-0.05, 0) is 41.5 Å². The number of hydrogen-bond acceptors (Lipinski definition) is 3. The zero-order valence-electron chi connectivity index (χ0n) is 18.1. The van der Waals surface area contributed by atoms with Crippen molar-refractivity contribution in [1.29, 1.82) is 0 Å². The molecular weight excluding hydrogens is 419 g/mol. The SMILES string of the molecule is CC(C)(C)Cn1cc(CNSC2CCC2)c2ccc(-c3cccnc3C(F)(F)F)cc21. The normalized spacial score (nSPS) is 15.4. The highest BCUT2D eigenvalue weighted by Crippen LogP contribution is 2.37. The number of fused-ring (bicyclic) bond motifs is 1. The Bertz CT molecular complexity index is 1060. The first kappa shape index (κ1) is 22.2. The van der Waals surface area contributed by atoms with E-state index in [1.807, 2.05) is 12.1 Å². The van der Waals surface area contributed by atoms with E-state index in [9.17, 15) is 13.2 Å². The summed E-state index contributed by atoms with van der Waals surface area (Å²) in [5.41, 5.74) is 1.96. The van der Waals surface area contributed by atoms with Crippen molar-refractivity contribution in [3.63, 3.8) is 0 Å². The van der Waals surface area contributed by atoms with Crippen LogP contribution >= 0.6 is 11.9 Å². The average Bonchev–Trinajstić information content (AvgIpc) is 2.98. The smallest absolute Gasteiger partial charge is 0.347 e. The molecule has 7 heteroatoms. The summed E-state index contributed by atoms with van der Waals surface area (Å²) in [5, 5.41) is 1.77. The van der Waals surface area contributed by atoms with E-state index in [0.29, 0.717) is 10.8 Å². The van der Waals surface area contributed by atoms with E-state index < -0.39 is 11.9 Å². The van der Waals surface area contributed by atoms with Gasteiger partial charge in [-0.15, -0.1) is 0 Å². The Hall–Kier alpha value is -1.99. The van der Waals surface area contributed by atoms with E-state index in [4.69, 9.17) is 0 Å². The van der Waals surface area contributed by atoms with Crippen molar-refractivity contribution in [2.75, 3.05) is 0 Å². The molecule has 1 aliphatic carbocycles. The lowest BCUT2D eigenvalue weighted by Crippen LogP contribution is -2.19. The van der Waals surface area contributed by atoms with Gasteiger partial charge in [0, 0.05) is 47.2 Å². The number of alkyl halides is 3. The molecule has 1 aromatic carbocycles. The minimum atomic E-state index is -4.49. The monoisotopic (exact) mass is 447 g/mol. The largest absolute Gasteiger partial charge is 0.433 e. The van der Waals surface area contributed by atoms with Gasteiger partial charge >= 0.3 is 6.18 Å². The summed E-state index contributed by atoms with van der Waals surface area (Å²) in [5.74, 6) is 0. The van der Waals surface area contributed by atoms with Crippen molar-refractivity contribution in [3.8, 4) is 11.1 Å². The lowest BCUT2D eigenvalue weighted by molar-refractivity contribution is -0.140. The molecule has 1 saturated carbocycles. The fourth-order valence-electron chi connectivity index (χ4n) is 3.91. The Kier molecular flexibility index (Phi) is 6.10. The van der Waals surface area contributed by atoms with Gasteiger partial charge in [-0.2, -0.15) is 13.2 Å². The molecule has 166 valence electrons. The molecule has 3 nitrogen and oxygen atoms in total. The summed E-state index contributed by atoms with van der Waals surface area (Å²) in [4.78, 5) is 3.62. The van der Waals surface area contributed by atoms with Crippen LogP contribution in [0.4, 0.5) is 13.2 Å². The van der Waals surface area contributed by atoms with Gasteiger partial charge in [-0.25, -0.2) is 0 Å². The Morgan fingerprint density at radius 2 is 1.94 bits per heavy atom. The van der Waals surface area contributed by atoms with E-state index in [1.54, 1.807) is 24.1 Å². The summed E-state index contributed by atoms with van der Waals surface area (Å²) in [6.07, 6.45) is 2.67. The second kappa shape index (κ2) is 8.51. The van der Waals surface area contributed by atoms with E-state index in [0.717, 1.165) is 24.0 Å². The first-order chi connectivity index (χ1) is 14.6. The van der Waals surface area contributed by atoms with Crippen LogP contribution in [-0.4, -0.2) is 14.8 Å². The molecular formula is C24H28F3N3S. The third kappa shape index (κ3) is 5.09. The van der Waals surface area contributed by atoms with Crippen LogP contribution in [0.5, 0.6) is 0 Å². The van der Waals surface area contributed by atoms with Crippen molar-refractivity contribution in [2.45, 2.75) is 64.5 Å². The van der Waals surface area contributed by atoms with Gasteiger partial charge in [0.1, 0.15) is 0 Å². The average molecular weight is 448 g/mol. The van der Waals surface area contributed by atoms with Crippen molar-refractivity contribution in [2.24, 2.45) is 5.41 Å². The predicted octanol–water partition coefficient (Wildman–Crippen LogP) is 7.06. The van der Waals surface area contributed by atoms with Crippen LogP contribution in [0.25, 0.3) is 22.0 Å². The topological polar surface area (TPSA) is 29.9 Å².